The van der Waals surface area contributed by atoms with Gasteiger partial charge in [0, 0.05) is 29.9 Å². The van der Waals surface area contributed by atoms with Gasteiger partial charge in [0.05, 0.1) is 7.11 Å². The highest BCUT2D eigenvalue weighted by atomic mass is 19.2. The zero-order chi connectivity index (χ0) is 14.7. The Morgan fingerprint density at radius 2 is 1.75 bits per heavy atom. The number of hydrogen-bond acceptors (Lipinski definition) is 3. The first kappa shape index (κ1) is 14.0. The predicted molar refractivity (Wildman–Crippen MR) is 68.3 cm³/mol. The van der Waals surface area contributed by atoms with E-state index >= 15 is 0 Å². The van der Waals surface area contributed by atoms with E-state index in [0.29, 0.717) is 17.5 Å². The summed E-state index contributed by atoms with van der Waals surface area (Å²) in [5.41, 5.74) is 0.478. The molecule has 2 rings (SSSR count). The van der Waals surface area contributed by atoms with Crippen molar-refractivity contribution in [1.82, 2.24) is 0 Å². The third kappa shape index (κ3) is 2.96. The third-order valence-electron chi connectivity index (χ3n) is 2.75. The van der Waals surface area contributed by atoms with Crippen LogP contribution in [0.15, 0.2) is 30.3 Å². The maximum atomic E-state index is 13.4. The average Bonchev–Trinajstić information content (AvgIpc) is 2.41. The Bertz CT molecular complexity index is 632. The number of rotatable bonds is 4. The van der Waals surface area contributed by atoms with Crippen LogP contribution < -0.4 is 10.1 Å². The Morgan fingerprint density at radius 3 is 2.40 bits per heavy atom. The number of ether oxygens (including phenoxy) is 1. The van der Waals surface area contributed by atoms with Gasteiger partial charge in [0.25, 0.3) is 0 Å². The number of methoxy groups -OCH3 is 1. The minimum absolute atomic E-state index is 0.0146. The first-order valence-electron chi connectivity index (χ1n) is 5.75. The van der Waals surface area contributed by atoms with Gasteiger partial charge in [0.2, 0.25) is 0 Å². The van der Waals surface area contributed by atoms with Crippen LogP contribution in [0.3, 0.4) is 0 Å². The molecule has 2 aromatic carbocycles. The largest absolute Gasteiger partial charge is 0.504 e. The van der Waals surface area contributed by atoms with E-state index in [4.69, 9.17) is 4.74 Å². The molecule has 20 heavy (non-hydrogen) atoms. The highest BCUT2D eigenvalue weighted by molar-refractivity contribution is 5.54. The number of phenolic OH excluding ortho intramolecular Hbond substituents is 1. The number of nitrogens with one attached hydrogen (secondary N) is 1. The number of anilines is 1. The Morgan fingerprint density at radius 1 is 1.05 bits per heavy atom. The molecule has 3 nitrogen and oxygen atoms in total. The fraction of sp³-hybridized carbons (Fsp3) is 0.143. The lowest BCUT2D eigenvalue weighted by molar-refractivity contribution is 0.373. The Kier molecular flexibility index (Phi) is 4.02. The number of aromatic hydroxyl groups is 1. The van der Waals surface area contributed by atoms with Gasteiger partial charge in [-0.05, 0) is 18.2 Å². The van der Waals surface area contributed by atoms with Gasteiger partial charge in [-0.15, -0.1) is 0 Å². The van der Waals surface area contributed by atoms with Gasteiger partial charge in [-0.3, -0.25) is 0 Å². The minimum atomic E-state index is -1.23. The van der Waals surface area contributed by atoms with E-state index in [0.717, 1.165) is 6.07 Å². The van der Waals surface area contributed by atoms with Crippen LogP contribution in [0.25, 0.3) is 0 Å². The molecule has 106 valence electrons. The van der Waals surface area contributed by atoms with Crippen molar-refractivity contribution >= 4 is 5.69 Å². The summed E-state index contributed by atoms with van der Waals surface area (Å²) in [6.07, 6.45) is 0. The first-order chi connectivity index (χ1) is 9.51. The zero-order valence-corrected chi connectivity index (χ0v) is 10.6. The van der Waals surface area contributed by atoms with Gasteiger partial charge >= 0.3 is 0 Å². The molecule has 0 saturated carbocycles. The summed E-state index contributed by atoms with van der Waals surface area (Å²) in [6, 6.07) is 5.81. The zero-order valence-electron chi connectivity index (χ0n) is 10.6. The van der Waals surface area contributed by atoms with E-state index in [2.05, 4.69) is 5.32 Å². The van der Waals surface area contributed by atoms with Crippen LogP contribution in [0, 0.1) is 17.5 Å². The molecule has 0 aliphatic rings. The Balaban J connectivity index is 2.13. The average molecular weight is 283 g/mol. The van der Waals surface area contributed by atoms with Crippen LogP contribution in [0.1, 0.15) is 5.56 Å². The maximum absolute atomic E-state index is 13.4. The molecule has 0 bridgehead atoms. The standard InChI is InChI=1S/C14H12F3NO2/c1-20-14-3-2-9(5-13(14)19)18-7-8-4-11(16)12(17)6-10(8)15/h2-6,18-19H,7H2,1H3. The maximum Gasteiger partial charge on any atom is 0.161 e. The Labute approximate surface area is 113 Å². The van der Waals surface area contributed by atoms with Crippen molar-refractivity contribution in [3.05, 3.63) is 53.3 Å². The van der Waals surface area contributed by atoms with E-state index in [1.807, 2.05) is 0 Å². The highest BCUT2D eigenvalue weighted by Gasteiger charge is 2.10. The van der Waals surface area contributed by atoms with Crippen LogP contribution in [-0.4, -0.2) is 12.2 Å². The molecule has 2 N–H and O–H groups in total. The predicted octanol–water partition coefficient (Wildman–Crippen LogP) is 3.43. The molecule has 0 aliphatic carbocycles. The second-order valence-corrected chi connectivity index (χ2v) is 4.10. The normalized spacial score (nSPS) is 10.4. The summed E-state index contributed by atoms with van der Waals surface area (Å²) in [7, 11) is 1.42. The first-order valence-corrected chi connectivity index (χ1v) is 5.75. The van der Waals surface area contributed by atoms with E-state index in [-0.39, 0.29) is 17.9 Å². The molecule has 0 amide bonds. The molecular weight excluding hydrogens is 271 g/mol. The molecule has 0 spiro atoms. The monoisotopic (exact) mass is 283 g/mol. The van der Waals surface area contributed by atoms with Gasteiger partial charge in [-0.25, -0.2) is 13.2 Å². The van der Waals surface area contributed by atoms with Crippen molar-refractivity contribution in [3.8, 4) is 11.5 Å². The van der Waals surface area contributed by atoms with Crippen LogP contribution in [0.2, 0.25) is 0 Å². The number of benzene rings is 2. The molecule has 0 atom stereocenters. The quantitative estimate of drug-likeness (QED) is 0.845. The van der Waals surface area contributed by atoms with Crippen molar-refractivity contribution in [2.45, 2.75) is 6.54 Å². The van der Waals surface area contributed by atoms with E-state index in [1.165, 1.54) is 19.2 Å². The summed E-state index contributed by atoms with van der Waals surface area (Å²) in [5, 5.41) is 12.4. The SMILES string of the molecule is COc1ccc(NCc2cc(F)c(F)cc2F)cc1O. The van der Waals surface area contributed by atoms with Crippen molar-refractivity contribution in [2.24, 2.45) is 0 Å². The fourth-order valence-electron chi connectivity index (χ4n) is 1.70. The second kappa shape index (κ2) is 5.73. The number of halogens is 3. The van der Waals surface area contributed by atoms with Crippen LogP contribution in [0.5, 0.6) is 11.5 Å². The number of phenols is 1. The summed E-state index contributed by atoms with van der Waals surface area (Å²) >= 11 is 0. The molecule has 2 aromatic rings. The molecule has 0 aromatic heterocycles. The molecular formula is C14H12F3NO2. The van der Waals surface area contributed by atoms with E-state index in [1.54, 1.807) is 6.07 Å². The summed E-state index contributed by atoms with van der Waals surface area (Å²) in [4.78, 5) is 0. The van der Waals surface area contributed by atoms with Crippen molar-refractivity contribution in [1.29, 1.82) is 0 Å². The molecule has 6 heteroatoms. The van der Waals surface area contributed by atoms with Crippen molar-refractivity contribution < 1.29 is 23.0 Å². The van der Waals surface area contributed by atoms with E-state index in [9.17, 15) is 18.3 Å². The topological polar surface area (TPSA) is 41.5 Å². The highest BCUT2D eigenvalue weighted by Crippen LogP contribution is 2.28. The lowest BCUT2D eigenvalue weighted by Crippen LogP contribution is -2.03. The van der Waals surface area contributed by atoms with Gasteiger partial charge in [-0.1, -0.05) is 0 Å². The second-order valence-electron chi connectivity index (χ2n) is 4.10. The van der Waals surface area contributed by atoms with Gasteiger partial charge in [0.15, 0.2) is 23.1 Å². The molecule has 0 radical (unpaired) electrons. The van der Waals surface area contributed by atoms with Crippen molar-refractivity contribution in [2.75, 3.05) is 12.4 Å². The fourth-order valence-corrected chi connectivity index (χ4v) is 1.70. The third-order valence-corrected chi connectivity index (χ3v) is 2.75. The summed E-state index contributed by atoms with van der Waals surface area (Å²) < 4.78 is 44.1. The van der Waals surface area contributed by atoms with Crippen LogP contribution in [-0.2, 0) is 6.54 Å². The van der Waals surface area contributed by atoms with Crippen molar-refractivity contribution in [3.63, 3.8) is 0 Å². The molecule has 0 saturated heterocycles. The van der Waals surface area contributed by atoms with Gasteiger partial charge in [-0.2, -0.15) is 0 Å². The molecule has 0 heterocycles. The molecule has 0 unspecified atom stereocenters. The number of hydrogen-bond donors (Lipinski definition) is 2. The van der Waals surface area contributed by atoms with Gasteiger partial charge in [0.1, 0.15) is 5.82 Å². The lowest BCUT2D eigenvalue weighted by atomic mass is 10.2. The molecule has 0 fully saturated rings. The summed E-state index contributed by atoms with van der Waals surface area (Å²) in [6.45, 7) is -0.0468. The van der Waals surface area contributed by atoms with Gasteiger partial charge < -0.3 is 15.2 Å². The van der Waals surface area contributed by atoms with E-state index < -0.39 is 17.5 Å². The van der Waals surface area contributed by atoms with Crippen LogP contribution >= 0.6 is 0 Å². The lowest BCUT2D eigenvalue weighted by Gasteiger charge is -2.10. The Hall–Kier alpha value is -2.37. The smallest absolute Gasteiger partial charge is 0.161 e. The summed E-state index contributed by atoms with van der Waals surface area (Å²) in [5.74, 6) is -2.96. The molecule has 0 aliphatic heterocycles. The minimum Gasteiger partial charge on any atom is -0.504 e. The van der Waals surface area contributed by atoms with Crippen LogP contribution in [0.4, 0.5) is 18.9 Å².